The average molecular weight is 466 g/mol. The van der Waals surface area contributed by atoms with E-state index in [0.717, 1.165) is 38.5 Å². The van der Waals surface area contributed by atoms with Crippen LogP contribution in [0.5, 0.6) is 0 Å². The number of aliphatic hydroxyl groups is 1. The molecule has 2 aliphatic rings. The molecule has 0 amide bonds. The molecule has 4 heteroatoms. The fourth-order valence-electron chi connectivity index (χ4n) is 4.82. The van der Waals surface area contributed by atoms with Gasteiger partial charge in [0.25, 0.3) is 0 Å². The summed E-state index contributed by atoms with van der Waals surface area (Å²) in [4.78, 5) is 0.794. The molecule has 2 fully saturated rings. The van der Waals surface area contributed by atoms with Gasteiger partial charge in [0, 0.05) is 9.65 Å². The number of hydrogen-bond donors (Lipinski definition) is 1. The lowest BCUT2D eigenvalue weighted by Gasteiger charge is -2.53. The molecular formula is C20H34Br2O2. The van der Waals surface area contributed by atoms with Crippen LogP contribution < -0.4 is 0 Å². The van der Waals surface area contributed by atoms with E-state index < -0.39 is 5.60 Å². The minimum atomic E-state index is -0.609. The Morgan fingerprint density at radius 2 is 1.67 bits per heavy atom. The number of rotatable bonds is 4. The van der Waals surface area contributed by atoms with Gasteiger partial charge in [-0.1, -0.05) is 51.8 Å². The molecule has 1 heterocycles. The van der Waals surface area contributed by atoms with E-state index in [1.165, 1.54) is 0 Å². The second kappa shape index (κ2) is 6.98. The maximum Gasteiger partial charge on any atom is 0.0840 e. The third kappa shape index (κ3) is 3.97. The molecule has 2 rings (SSSR count). The van der Waals surface area contributed by atoms with E-state index in [0.29, 0.717) is 9.65 Å². The van der Waals surface area contributed by atoms with Crippen molar-refractivity contribution in [2.75, 3.05) is 0 Å². The van der Waals surface area contributed by atoms with Gasteiger partial charge in [0.1, 0.15) is 0 Å². The molecule has 0 aromatic heterocycles. The van der Waals surface area contributed by atoms with Gasteiger partial charge in [-0.25, -0.2) is 0 Å². The largest absolute Gasteiger partial charge is 0.390 e. The third-order valence-corrected chi connectivity index (χ3v) is 9.81. The molecule has 1 N–H and O–H groups in total. The maximum atomic E-state index is 11.0. The fourth-order valence-corrected chi connectivity index (χ4v) is 5.92. The summed E-state index contributed by atoms with van der Waals surface area (Å²) in [6, 6.07) is 0. The van der Waals surface area contributed by atoms with Gasteiger partial charge in [0.05, 0.1) is 16.8 Å². The van der Waals surface area contributed by atoms with Crippen molar-refractivity contribution in [3.63, 3.8) is 0 Å². The van der Waals surface area contributed by atoms with Gasteiger partial charge in [-0.15, -0.1) is 6.58 Å². The highest BCUT2D eigenvalue weighted by atomic mass is 79.9. The number of alkyl halides is 2. The van der Waals surface area contributed by atoms with Crippen LogP contribution in [-0.4, -0.2) is 31.6 Å². The molecule has 0 bridgehead atoms. The number of halogens is 2. The predicted octanol–water partition coefficient (Wildman–Crippen LogP) is 5.99. The Morgan fingerprint density at radius 3 is 2.25 bits per heavy atom. The standard InChI is InChI=1S/C20H34Br2O2/c1-7-18(4)11-9-16(22)20(6,24-18)13-8-14-17(2,3)15(21)10-12-19(14,5)23/h7,14-16,23H,1,8-13H2,2-6H3/t14?,15?,16-,18-,19+,20+/m1/s1. The molecule has 0 radical (unpaired) electrons. The molecule has 1 saturated carbocycles. The van der Waals surface area contributed by atoms with E-state index in [2.05, 4.69) is 66.1 Å². The Labute approximate surface area is 165 Å². The first-order chi connectivity index (χ1) is 10.9. The van der Waals surface area contributed by atoms with Crippen LogP contribution in [0.25, 0.3) is 0 Å². The summed E-state index contributed by atoms with van der Waals surface area (Å²) in [5.74, 6) is 0.250. The lowest BCUT2D eigenvalue weighted by Crippen LogP contribution is -2.54. The highest BCUT2D eigenvalue weighted by Gasteiger charge is 2.51. The van der Waals surface area contributed by atoms with Gasteiger partial charge < -0.3 is 9.84 Å². The van der Waals surface area contributed by atoms with Crippen LogP contribution in [0.3, 0.4) is 0 Å². The van der Waals surface area contributed by atoms with Crippen LogP contribution >= 0.6 is 31.9 Å². The molecule has 1 aliphatic heterocycles. The predicted molar refractivity (Wildman–Crippen MR) is 109 cm³/mol. The number of ether oxygens (including phenoxy) is 1. The minimum absolute atomic E-state index is 0.0658. The molecule has 6 atom stereocenters. The minimum Gasteiger partial charge on any atom is -0.390 e. The summed E-state index contributed by atoms with van der Waals surface area (Å²) < 4.78 is 6.52. The molecule has 24 heavy (non-hydrogen) atoms. The quantitative estimate of drug-likeness (QED) is 0.407. The zero-order valence-electron chi connectivity index (χ0n) is 15.9. The molecule has 2 nitrogen and oxygen atoms in total. The molecule has 0 spiro atoms. The van der Waals surface area contributed by atoms with E-state index in [4.69, 9.17) is 4.74 Å². The van der Waals surface area contributed by atoms with E-state index in [-0.39, 0.29) is 22.5 Å². The molecule has 0 aromatic rings. The van der Waals surface area contributed by atoms with Gasteiger partial charge in [0.15, 0.2) is 0 Å². The summed E-state index contributed by atoms with van der Waals surface area (Å²) in [5.41, 5.74) is -1.02. The van der Waals surface area contributed by atoms with Crippen molar-refractivity contribution in [1.29, 1.82) is 0 Å². The lowest BCUT2D eigenvalue weighted by molar-refractivity contribution is -0.158. The molecule has 2 unspecified atom stereocenters. The van der Waals surface area contributed by atoms with Crippen molar-refractivity contribution in [2.24, 2.45) is 11.3 Å². The maximum absolute atomic E-state index is 11.0. The second-order valence-electron chi connectivity index (χ2n) is 9.21. The van der Waals surface area contributed by atoms with Crippen LogP contribution in [0.2, 0.25) is 0 Å². The Bertz CT molecular complexity index is 476. The Balaban J connectivity index is 2.16. The first-order valence-corrected chi connectivity index (χ1v) is 11.0. The Kier molecular flexibility index (Phi) is 6.08. The van der Waals surface area contributed by atoms with E-state index in [9.17, 15) is 5.11 Å². The van der Waals surface area contributed by atoms with Crippen molar-refractivity contribution in [3.8, 4) is 0 Å². The van der Waals surface area contributed by atoms with Crippen molar-refractivity contribution in [3.05, 3.63) is 12.7 Å². The van der Waals surface area contributed by atoms with Crippen molar-refractivity contribution in [1.82, 2.24) is 0 Å². The lowest BCUT2D eigenvalue weighted by atomic mass is 9.59. The topological polar surface area (TPSA) is 29.5 Å². The summed E-state index contributed by atoms with van der Waals surface area (Å²) in [6.07, 6.45) is 7.82. The smallest absolute Gasteiger partial charge is 0.0840 e. The van der Waals surface area contributed by atoms with Gasteiger partial charge in [0.2, 0.25) is 0 Å². The van der Waals surface area contributed by atoms with Gasteiger partial charge in [-0.05, 0) is 70.6 Å². The normalized spacial score (nSPS) is 48.9. The summed E-state index contributed by atoms with van der Waals surface area (Å²) in [5, 5.41) is 11.0. The first-order valence-electron chi connectivity index (χ1n) is 9.21. The fraction of sp³-hybridized carbons (Fsp3) is 0.900. The molecule has 140 valence electrons. The summed E-state index contributed by atoms with van der Waals surface area (Å²) in [7, 11) is 0. The van der Waals surface area contributed by atoms with Crippen molar-refractivity contribution >= 4 is 31.9 Å². The van der Waals surface area contributed by atoms with Gasteiger partial charge in [-0.2, -0.15) is 0 Å². The number of hydrogen-bond acceptors (Lipinski definition) is 2. The monoisotopic (exact) mass is 464 g/mol. The van der Waals surface area contributed by atoms with Gasteiger partial charge in [-0.3, -0.25) is 0 Å². The Hall–Kier alpha value is 0.620. The van der Waals surface area contributed by atoms with E-state index in [1.54, 1.807) is 0 Å². The average Bonchev–Trinajstić information content (AvgIpc) is 2.47. The molecule has 0 aromatic carbocycles. The Morgan fingerprint density at radius 1 is 1.08 bits per heavy atom. The summed E-state index contributed by atoms with van der Waals surface area (Å²) in [6.45, 7) is 14.9. The van der Waals surface area contributed by atoms with Crippen LogP contribution in [0, 0.1) is 11.3 Å². The van der Waals surface area contributed by atoms with Crippen LogP contribution in [0.15, 0.2) is 12.7 Å². The van der Waals surface area contributed by atoms with Crippen LogP contribution in [0.4, 0.5) is 0 Å². The third-order valence-electron chi connectivity index (χ3n) is 6.74. The molecule has 1 aliphatic carbocycles. The zero-order chi connectivity index (χ0) is 18.4. The highest BCUT2D eigenvalue weighted by Crippen LogP contribution is 2.52. The zero-order valence-corrected chi connectivity index (χ0v) is 19.0. The van der Waals surface area contributed by atoms with Crippen LogP contribution in [0.1, 0.15) is 73.1 Å². The first kappa shape index (κ1) is 20.9. The van der Waals surface area contributed by atoms with Crippen molar-refractivity contribution < 1.29 is 9.84 Å². The highest BCUT2D eigenvalue weighted by molar-refractivity contribution is 9.09. The second-order valence-corrected chi connectivity index (χ2v) is 11.4. The van der Waals surface area contributed by atoms with E-state index in [1.807, 2.05) is 13.0 Å². The molecule has 1 saturated heterocycles. The van der Waals surface area contributed by atoms with Crippen LogP contribution in [-0.2, 0) is 4.74 Å². The molecular weight excluding hydrogens is 432 g/mol. The van der Waals surface area contributed by atoms with Gasteiger partial charge >= 0.3 is 0 Å². The SMILES string of the molecule is C=C[C@]1(C)CC[C@@H](Br)[C@](C)(CCC2C(C)(C)C(Br)CC[C@]2(C)O)O1. The van der Waals surface area contributed by atoms with E-state index >= 15 is 0 Å². The van der Waals surface area contributed by atoms with Crippen molar-refractivity contribution in [2.45, 2.75) is 99.6 Å². The summed E-state index contributed by atoms with van der Waals surface area (Å²) >= 11 is 7.71.